The molecule has 1 saturated carbocycles. The van der Waals surface area contributed by atoms with Crippen LogP contribution in [0.2, 0.25) is 0 Å². The first-order valence-electron chi connectivity index (χ1n) is 8.40. The van der Waals surface area contributed by atoms with Crippen LogP contribution in [0.5, 0.6) is 0 Å². The average molecular weight is 252 g/mol. The van der Waals surface area contributed by atoms with Gasteiger partial charge in [0.1, 0.15) is 0 Å². The van der Waals surface area contributed by atoms with Crippen molar-refractivity contribution in [3.63, 3.8) is 0 Å². The molecule has 0 spiro atoms. The van der Waals surface area contributed by atoms with E-state index in [1.54, 1.807) is 0 Å². The second-order valence-corrected chi connectivity index (χ2v) is 7.64. The van der Waals surface area contributed by atoms with Crippen molar-refractivity contribution in [2.45, 2.75) is 74.1 Å². The Morgan fingerprint density at radius 3 is 1.67 bits per heavy atom. The number of hydrogen-bond donors (Lipinski definition) is 0. The van der Waals surface area contributed by atoms with Crippen LogP contribution in [0.25, 0.3) is 0 Å². The van der Waals surface area contributed by atoms with E-state index in [4.69, 9.17) is 0 Å². The Bertz CT molecular complexity index is 208. The maximum Gasteiger partial charge on any atom is -0.0334 e. The summed E-state index contributed by atoms with van der Waals surface area (Å²) in [6, 6.07) is 0. The number of rotatable bonds is 5. The van der Waals surface area contributed by atoms with Crippen LogP contribution in [0.4, 0.5) is 0 Å². The van der Waals surface area contributed by atoms with Gasteiger partial charge in [-0.25, -0.2) is 0 Å². The molecule has 0 amide bonds. The lowest BCUT2D eigenvalue weighted by Gasteiger charge is -2.49. The molecule has 0 heterocycles. The lowest BCUT2D eigenvalue weighted by Crippen LogP contribution is -2.42. The first-order valence-corrected chi connectivity index (χ1v) is 8.40. The molecule has 0 N–H and O–H groups in total. The average Bonchev–Trinajstić information content (AvgIpc) is 2.23. The van der Waals surface area contributed by atoms with E-state index < -0.39 is 0 Å². The molecule has 0 aromatic carbocycles. The van der Waals surface area contributed by atoms with Gasteiger partial charge in [0.2, 0.25) is 0 Å². The third-order valence-electron chi connectivity index (χ3n) is 5.48. The molecule has 1 aliphatic rings. The van der Waals surface area contributed by atoms with Crippen LogP contribution in [0.15, 0.2) is 0 Å². The van der Waals surface area contributed by atoms with Crippen LogP contribution < -0.4 is 0 Å². The van der Waals surface area contributed by atoms with Crippen molar-refractivity contribution >= 4 is 0 Å². The second kappa shape index (κ2) is 6.96. The van der Waals surface area contributed by atoms with Gasteiger partial charge in [-0.1, -0.05) is 61.3 Å². The smallest absolute Gasteiger partial charge is 0.0334 e. The fraction of sp³-hybridized carbons (Fsp3) is 1.00. The van der Waals surface area contributed by atoms with Gasteiger partial charge in [-0.05, 0) is 54.3 Å². The van der Waals surface area contributed by atoms with Crippen molar-refractivity contribution in [2.24, 2.45) is 41.4 Å². The molecule has 1 fully saturated rings. The minimum Gasteiger partial charge on any atom is -0.0654 e. The molecule has 0 radical (unpaired) electrons. The number of hydrogen-bond acceptors (Lipinski definition) is 0. The molecule has 0 heteroatoms. The van der Waals surface area contributed by atoms with E-state index in [2.05, 4.69) is 48.5 Å². The first kappa shape index (κ1) is 16.1. The lowest BCUT2D eigenvalue weighted by molar-refractivity contribution is -0.00558. The normalized spacial score (nSPS) is 37.5. The van der Waals surface area contributed by atoms with Gasteiger partial charge in [-0.3, -0.25) is 0 Å². The summed E-state index contributed by atoms with van der Waals surface area (Å²) in [4.78, 5) is 0. The maximum absolute atomic E-state index is 2.51. The third-order valence-corrected chi connectivity index (χ3v) is 5.48. The first-order chi connectivity index (χ1) is 8.40. The Balaban J connectivity index is 2.92. The summed E-state index contributed by atoms with van der Waals surface area (Å²) in [5, 5.41) is 0. The largest absolute Gasteiger partial charge is 0.0654 e. The van der Waals surface area contributed by atoms with E-state index in [0.717, 1.165) is 41.4 Å². The van der Waals surface area contributed by atoms with E-state index >= 15 is 0 Å². The maximum atomic E-state index is 2.51. The second-order valence-electron chi connectivity index (χ2n) is 7.64. The standard InChI is InChI=1S/C18H36/c1-8-9-10-16-17(12(2)3)14(6)11-15(7)18(16)13(4)5/h12-18H,8-11H2,1-7H3. The fourth-order valence-corrected chi connectivity index (χ4v) is 5.13. The van der Waals surface area contributed by atoms with Gasteiger partial charge in [0, 0.05) is 0 Å². The van der Waals surface area contributed by atoms with Crippen molar-refractivity contribution in [1.29, 1.82) is 0 Å². The van der Waals surface area contributed by atoms with Crippen LogP contribution in [0.1, 0.15) is 74.1 Å². The zero-order chi connectivity index (χ0) is 13.9. The Kier molecular flexibility index (Phi) is 6.21. The Hall–Kier alpha value is 0. The van der Waals surface area contributed by atoms with Crippen LogP contribution >= 0.6 is 0 Å². The summed E-state index contributed by atoms with van der Waals surface area (Å²) in [7, 11) is 0. The minimum atomic E-state index is 0.857. The van der Waals surface area contributed by atoms with Gasteiger partial charge in [0.05, 0.1) is 0 Å². The zero-order valence-electron chi connectivity index (χ0n) is 13.9. The molecular formula is C18H36. The van der Waals surface area contributed by atoms with Gasteiger partial charge in [-0.15, -0.1) is 0 Å². The van der Waals surface area contributed by atoms with Crippen LogP contribution in [-0.4, -0.2) is 0 Å². The van der Waals surface area contributed by atoms with Crippen LogP contribution in [0, 0.1) is 41.4 Å². The monoisotopic (exact) mass is 252 g/mol. The molecule has 1 aliphatic carbocycles. The third kappa shape index (κ3) is 3.52. The summed E-state index contributed by atoms with van der Waals surface area (Å²) in [6.07, 6.45) is 5.70. The SMILES string of the molecule is CCCCC1C(C(C)C)C(C)CC(C)C1C(C)C. The quantitative estimate of drug-likeness (QED) is 0.562. The zero-order valence-corrected chi connectivity index (χ0v) is 13.9. The van der Waals surface area contributed by atoms with Crippen LogP contribution in [0.3, 0.4) is 0 Å². The van der Waals surface area contributed by atoms with Gasteiger partial charge >= 0.3 is 0 Å². The molecular weight excluding hydrogens is 216 g/mol. The summed E-state index contributed by atoms with van der Waals surface area (Å²) < 4.78 is 0. The molecule has 18 heavy (non-hydrogen) atoms. The van der Waals surface area contributed by atoms with E-state index in [1.165, 1.54) is 25.7 Å². The molecule has 108 valence electrons. The van der Waals surface area contributed by atoms with Crippen molar-refractivity contribution < 1.29 is 0 Å². The molecule has 0 bridgehead atoms. The van der Waals surface area contributed by atoms with Crippen molar-refractivity contribution in [3.8, 4) is 0 Å². The van der Waals surface area contributed by atoms with E-state index in [-0.39, 0.29) is 0 Å². The van der Waals surface area contributed by atoms with Crippen molar-refractivity contribution in [1.82, 2.24) is 0 Å². The number of unbranched alkanes of at least 4 members (excludes halogenated alkanes) is 1. The Labute approximate surface area is 116 Å². The van der Waals surface area contributed by atoms with Crippen molar-refractivity contribution in [3.05, 3.63) is 0 Å². The van der Waals surface area contributed by atoms with Gasteiger partial charge < -0.3 is 0 Å². The fourth-order valence-electron chi connectivity index (χ4n) is 5.13. The molecule has 0 aromatic rings. The van der Waals surface area contributed by atoms with Crippen LogP contribution in [-0.2, 0) is 0 Å². The van der Waals surface area contributed by atoms with Gasteiger partial charge in [0.15, 0.2) is 0 Å². The molecule has 0 aliphatic heterocycles. The Morgan fingerprint density at radius 2 is 1.33 bits per heavy atom. The summed E-state index contributed by atoms with van der Waals surface area (Å²) in [6.45, 7) is 17.2. The van der Waals surface area contributed by atoms with Crippen molar-refractivity contribution in [2.75, 3.05) is 0 Å². The van der Waals surface area contributed by atoms with Gasteiger partial charge in [-0.2, -0.15) is 0 Å². The summed E-state index contributed by atoms with van der Waals surface area (Å²) in [5.41, 5.74) is 0. The molecule has 0 saturated heterocycles. The topological polar surface area (TPSA) is 0 Å². The molecule has 1 rings (SSSR count). The highest BCUT2D eigenvalue weighted by Crippen LogP contribution is 2.49. The van der Waals surface area contributed by atoms with E-state index in [9.17, 15) is 0 Å². The molecule has 4 atom stereocenters. The lowest BCUT2D eigenvalue weighted by atomic mass is 9.56. The van der Waals surface area contributed by atoms with E-state index in [0.29, 0.717) is 0 Å². The molecule has 0 aromatic heterocycles. The van der Waals surface area contributed by atoms with E-state index in [1.807, 2.05) is 0 Å². The highest BCUT2D eigenvalue weighted by molar-refractivity contribution is 4.91. The molecule has 0 nitrogen and oxygen atoms in total. The summed E-state index contributed by atoms with van der Waals surface area (Å²) >= 11 is 0. The predicted molar refractivity (Wildman–Crippen MR) is 82.6 cm³/mol. The Morgan fingerprint density at radius 1 is 0.889 bits per heavy atom. The highest BCUT2D eigenvalue weighted by Gasteiger charge is 2.42. The molecule has 4 unspecified atom stereocenters. The minimum absolute atomic E-state index is 0.857. The predicted octanol–water partition coefficient (Wildman–Crippen LogP) is 6.01. The summed E-state index contributed by atoms with van der Waals surface area (Å²) in [5.74, 6) is 6.46. The van der Waals surface area contributed by atoms with Gasteiger partial charge in [0.25, 0.3) is 0 Å². The highest BCUT2D eigenvalue weighted by atomic mass is 14.5.